The molecule has 20 heavy (non-hydrogen) atoms. The fraction of sp³-hybridized carbons (Fsp3) is 0.286. The maximum absolute atomic E-state index is 12.8. The zero-order valence-corrected chi connectivity index (χ0v) is 10.9. The first-order chi connectivity index (χ1) is 9.81. The third-order valence-electron chi connectivity index (χ3n) is 3.05. The van der Waals surface area contributed by atoms with Crippen molar-refractivity contribution in [2.24, 2.45) is 0 Å². The molecule has 0 atom stereocenters. The van der Waals surface area contributed by atoms with Crippen LogP contribution in [0.3, 0.4) is 0 Å². The average molecular weight is 274 g/mol. The van der Waals surface area contributed by atoms with Crippen LogP contribution in [0.25, 0.3) is 0 Å². The van der Waals surface area contributed by atoms with Gasteiger partial charge >= 0.3 is 0 Å². The van der Waals surface area contributed by atoms with Gasteiger partial charge in [0.05, 0.1) is 0 Å². The first-order valence-corrected chi connectivity index (χ1v) is 6.53. The van der Waals surface area contributed by atoms with E-state index in [4.69, 9.17) is 4.74 Å². The molecule has 0 unspecified atom stereocenters. The van der Waals surface area contributed by atoms with Crippen molar-refractivity contribution in [3.63, 3.8) is 0 Å². The molecule has 1 aromatic carbocycles. The number of rotatable bonds is 3. The predicted octanol–water partition coefficient (Wildman–Crippen LogP) is 1.82. The third kappa shape index (κ3) is 3.03. The summed E-state index contributed by atoms with van der Waals surface area (Å²) in [7, 11) is 0. The minimum Gasteiger partial charge on any atom is -0.439 e. The first kappa shape index (κ1) is 12.8. The van der Waals surface area contributed by atoms with Crippen molar-refractivity contribution in [3.8, 4) is 11.6 Å². The van der Waals surface area contributed by atoms with E-state index < -0.39 is 0 Å². The van der Waals surface area contributed by atoms with Gasteiger partial charge in [-0.25, -0.2) is 9.37 Å². The SMILES string of the molecule is Fc1ccc(Oc2ccnc(N3CCNCC3)n2)cc1. The summed E-state index contributed by atoms with van der Waals surface area (Å²) in [6.07, 6.45) is 1.67. The van der Waals surface area contributed by atoms with E-state index in [-0.39, 0.29) is 5.82 Å². The fourth-order valence-electron chi connectivity index (χ4n) is 2.03. The van der Waals surface area contributed by atoms with Gasteiger partial charge in [-0.3, -0.25) is 0 Å². The lowest BCUT2D eigenvalue weighted by Crippen LogP contribution is -2.44. The smallest absolute Gasteiger partial charge is 0.228 e. The molecule has 3 rings (SSSR count). The van der Waals surface area contributed by atoms with Gasteiger partial charge in [-0.15, -0.1) is 0 Å². The van der Waals surface area contributed by atoms with E-state index in [1.807, 2.05) is 0 Å². The molecule has 2 heterocycles. The van der Waals surface area contributed by atoms with E-state index in [1.54, 1.807) is 24.4 Å². The second kappa shape index (κ2) is 5.83. The molecule has 1 N–H and O–H groups in total. The van der Waals surface area contributed by atoms with Crippen molar-refractivity contribution in [1.82, 2.24) is 15.3 Å². The van der Waals surface area contributed by atoms with Crippen molar-refractivity contribution in [1.29, 1.82) is 0 Å². The van der Waals surface area contributed by atoms with Gasteiger partial charge in [-0.2, -0.15) is 4.98 Å². The molecule has 1 aromatic heterocycles. The lowest BCUT2D eigenvalue weighted by atomic mass is 10.3. The summed E-state index contributed by atoms with van der Waals surface area (Å²) in [6.45, 7) is 3.60. The van der Waals surface area contributed by atoms with Crippen molar-refractivity contribution < 1.29 is 9.13 Å². The molecule has 5 nitrogen and oxygen atoms in total. The van der Waals surface area contributed by atoms with Crippen LogP contribution in [0.15, 0.2) is 36.5 Å². The number of halogens is 1. The number of benzene rings is 1. The number of hydrogen-bond acceptors (Lipinski definition) is 5. The summed E-state index contributed by atoms with van der Waals surface area (Å²) in [4.78, 5) is 10.8. The summed E-state index contributed by atoms with van der Waals surface area (Å²) in [5, 5.41) is 3.28. The number of ether oxygens (including phenoxy) is 1. The van der Waals surface area contributed by atoms with Gasteiger partial charge in [-0.1, -0.05) is 0 Å². The van der Waals surface area contributed by atoms with Gasteiger partial charge in [0.1, 0.15) is 11.6 Å². The largest absolute Gasteiger partial charge is 0.439 e. The van der Waals surface area contributed by atoms with Crippen LogP contribution in [-0.4, -0.2) is 36.1 Å². The molecule has 1 aliphatic rings. The van der Waals surface area contributed by atoms with Gasteiger partial charge in [0.2, 0.25) is 11.8 Å². The molecular weight excluding hydrogens is 259 g/mol. The van der Waals surface area contributed by atoms with Crippen LogP contribution in [0.5, 0.6) is 11.6 Å². The summed E-state index contributed by atoms with van der Waals surface area (Å²) in [5.74, 6) is 1.38. The lowest BCUT2D eigenvalue weighted by molar-refractivity contribution is 0.458. The van der Waals surface area contributed by atoms with Gasteiger partial charge in [-0.05, 0) is 24.3 Å². The molecule has 1 saturated heterocycles. The van der Waals surface area contributed by atoms with Crippen LogP contribution in [0.4, 0.5) is 10.3 Å². The highest BCUT2D eigenvalue weighted by Crippen LogP contribution is 2.21. The Morgan fingerprint density at radius 3 is 2.60 bits per heavy atom. The van der Waals surface area contributed by atoms with Crippen LogP contribution < -0.4 is 15.0 Å². The number of anilines is 1. The van der Waals surface area contributed by atoms with Crippen LogP contribution in [0, 0.1) is 5.82 Å². The van der Waals surface area contributed by atoms with Crippen molar-refractivity contribution >= 4 is 5.95 Å². The molecule has 0 radical (unpaired) electrons. The van der Waals surface area contributed by atoms with Crippen LogP contribution in [0.2, 0.25) is 0 Å². The molecule has 2 aromatic rings. The van der Waals surface area contributed by atoms with Gasteiger partial charge in [0.15, 0.2) is 0 Å². The zero-order valence-electron chi connectivity index (χ0n) is 10.9. The molecule has 0 amide bonds. The maximum atomic E-state index is 12.8. The Morgan fingerprint density at radius 2 is 1.85 bits per heavy atom. The molecule has 0 aliphatic carbocycles. The maximum Gasteiger partial charge on any atom is 0.228 e. The Morgan fingerprint density at radius 1 is 1.10 bits per heavy atom. The molecule has 0 spiro atoms. The van der Waals surface area contributed by atoms with Gasteiger partial charge < -0.3 is 15.0 Å². The Hall–Kier alpha value is -2.21. The highest BCUT2D eigenvalue weighted by Gasteiger charge is 2.13. The molecule has 0 bridgehead atoms. The van der Waals surface area contributed by atoms with Gasteiger partial charge in [0.25, 0.3) is 0 Å². The molecular formula is C14H15FN4O. The second-order valence-corrected chi connectivity index (χ2v) is 4.49. The molecule has 6 heteroatoms. The highest BCUT2D eigenvalue weighted by molar-refractivity contribution is 5.34. The highest BCUT2D eigenvalue weighted by atomic mass is 19.1. The Bertz CT molecular complexity index is 570. The van der Waals surface area contributed by atoms with E-state index in [9.17, 15) is 4.39 Å². The van der Waals surface area contributed by atoms with E-state index >= 15 is 0 Å². The summed E-state index contributed by atoms with van der Waals surface area (Å²) < 4.78 is 18.4. The molecule has 104 valence electrons. The van der Waals surface area contributed by atoms with Crippen molar-refractivity contribution in [2.45, 2.75) is 0 Å². The standard InChI is InChI=1S/C14H15FN4O/c15-11-1-3-12(4-2-11)20-13-5-6-17-14(18-13)19-9-7-16-8-10-19/h1-6,16H,7-10H2. The third-order valence-corrected chi connectivity index (χ3v) is 3.05. The Labute approximate surface area is 116 Å². The van der Waals surface area contributed by atoms with Crippen LogP contribution in [0.1, 0.15) is 0 Å². The summed E-state index contributed by atoms with van der Waals surface area (Å²) in [5.41, 5.74) is 0. The second-order valence-electron chi connectivity index (χ2n) is 4.49. The van der Waals surface area contributed by atoms with E-state index in [1.165, 1.54) is 12.1 Å². The molecule has 1 aliphatic heterocycles. The quantitative estimate of drug-likeness (QED) is 0.925. The topological polar surface area (TPSA) is 50.3 Å². The number of piperazine rings is 1. The first-order valence-electron chi connectivity index (χ1n) is 6.53. The zero-order chi connectivity index (χ0) is 13.8. The lowest BCUT2D eigenvalue weighted by Gasteiger charge is -2.27. The van der Waals surface area contributed by atoms with Crippen molar-refractivity contribution in [2.75, 3.05) is 31.1 Å². The fourth-order valence-corrected chi connectivity index (χ4v) is 2.03. The molecule has 0 saturated carbocycles. The Kier molecular flexibility index (Phi) is 3.73. The number of nitrogens with zero attached hydrogens (tertiary/aromatic N) is 3. The average Bonchev–Trinajstić information content (AvgIpc) is 2.51. The van der Waals surface area contributed by atoms with E-state index in [2.05, 4.69) is 20.2 Å². The normalized spacial score (nSPS) is 15.2. The number of aromatic nitrogens is 2. The van der Waals surface area contributed by atoms with Crippen molar-refractivity contribution in [3.05, 3.63) is 42.3 Å². The van der Waals surface area contributed by atoms with Gasteiger partial charge in [0, 0.05) is 38.4 Å². The minimum atomic E-state index is -0.290. The van der Waals surface area contributed by atoms with E-state index in [0.29, 0.717) is 17.6 Å². The van der Waals surface area contributed by atoms with Crippen LogP contribution in [-0.2, 0) is 0 Å². The molecule has 1 fully saturated rings. The summed E-state index contributed by atoms with van der Waals surface area (Å²) >= 11 is 0. The Balaban J connectivity index is 1.75. The summed E-state index contributed by atoms with van der Waals surface area (Å²) in [6, 6.07) is 7.54. The van der Waals surface area contributed by atoms with Crippen LogP contribution >= 0.6 is 0 Å². The van der Waals surface area contributed by atoms with E-state index in [0.717, 1.165) is 26.2 Å². The minimum absolute atomic E-state index is 0.290. The number of hydrogen-bond donors (Lipinski definition) is 1. The predicted molar refractivity (Wildman–Crippen MR) is 73.6 cm³/mol. The monoisotopic (exact) mass is 274 g/mol. The number of nitrogens with one attached hydrogen (secondary N) is 1.